The number of nitrogens with one attached hydrogen (secondary N) is 1. The van der Waals surface area contributed by atoms with Crippen LogP contribution in [0.3, 0.4) is 0 Å². The third kappa shape index (κ3) is 4.24. The van der Waals surface area contributed by atoms with E-state index in [-0.39, 0.29) is 17.8 Å². The van der Waals surface area contributed by atoms with Gasteiger partial charge in [-0.3, -0.25) is 4.79 Å². The molecule has 3 aromatic rings. The Hall–Kier alpha value is -2.56. The third-order valence-electron chi connectivity index (χ3n) is 4.92. The summed E-state index contributed by atoms with van der Waals surface area (Å²) in [6, 6.07) is 17.5. The minimum absolute atomic E-state index is 0.167. The van der Waals surface area contributed by atoms with Gasteiger partial charge in [0.25, 0.3) is 0 Å². The minimum Gasteiger partial charge on any atom is -0.482 e. The maximum atomic E-state index is 12.4. The van der Waals surface area contributed by atoms with Crippen LogP contribution in [0.15, 0.2) is 70.1 Å². The van der Waals surface area contributed by atoms with Crippen molar-refractivity contribution in [2.24, 2.45) is 0 Å². The Morgan fingerprint density at radius 2 is 1.85 bits per heavy atom. The standard InChI is InChI=1S/C22H20ClNO3/c23-20-8-4-3-7-18(20)14-27-22-15-26-19(11-21(22)25)13-24-10-9-16-5-1-2-6-17(16)12-24/h1-8,11,15H,9-10,12-14H2/p+1. The van der Waals surface area contributed by atoms with Gasteiger partial charge in [-0.15, -0.1) is 0 Å². The van der Waals surface area contributed by atoms with Crippen LogP contribution in [0.1, 0.15) is 22.5 Å². The molecule has 0 aliphatic carbocycles. The van der Waals surface area contributed by atoms with E-state index in [9.17, 15) is 4.79 Å². The minimum atomic E-state index is -0.167. The van der Waals surface area contributed by atoms with Gasteiger partial charge in [-0.25, -0.2) is 0 Å². The number of fused-ring (bicyclic) bond motifs is 1. The summed E-state index contributed by atoms with van der Waals surface area (Å²) in [6.45, 7) is 2.91. The lowest BCUT2D eigenvalue weighted by Crippen LogP contribution is -3.10. The fourth-order valence-electron chi connectivity index (χ4n) is 3.45. The quantitative estimate of drug-likeness (QED) is 0.737. The molecule has 1 unspecified atom stereocenters. The van der Waals surface area contributed by atoms with Crippen LogP contribution >= 0.6 is 11.6 Å². The first-order valence-corrected chi connectivity index (χ1v) is 9.45. The zero-order valence-electron chi connectivity index (χ0n) is 14.9. The number of rotatable bonds is 5. The molecule has 0 fully saturated rings. The fraction of sp³-hybridized carbons (Fsp3) is 0.227. The molecule has 0 saturated heterocycles. The number of quaternary nitrogens is 1. The molecule has 138 valence electrons. The number of halogens is 1. The van der Waals surface area contributed by atoms with Crippen molar-refractivity contribution in [2.45, 2.75) is 26.1 Å². The van der Waals surface area contributed by atoms with Crippen LogP contribution < -0.4 is 15.1 Å². The van der Waals surface area contributed by atoms with Crippen molar-refractivity contribution in [3.05, 3.63) is 98.6 Å². The molecule has 1 N–H and O–H groups in total. The summed E-state index contributed by atoms with van der Waals surface area (Å²) in [5.74, 6) is 0.886. The van der Waals surface area contributed by atoms with E-state index in [1.165, 1.54) is 28.4 Å². The van der Waals surface area contributed by atoms with Crippen molar-refractivity contribution in [1.29, 1.82) is 0 Å². The first-order chi connectivity index (χ1) is 13.2. The summed E-state index contributed by atoms with van der Waals surface area (Å²) in [6.07, 6.45) is 2.46. The molecule has 1 atom stereocenters. The molecule has 2 heterocycles. The van der Waals surface area contributed by atoms with Crippen LogP contribution in [0.5, 0.6) is 5.75 Å². The SMILES string of the molecule is O=c1cc(C[NH+]2CCc3ccccc3C2)occ1OCc1ccccc1Cl. The van der Waals surface area contributed by atoms with Gasteiger partial charge in [-0.1, -0.05) is 54.1 Å². The molecule has 0 spiro atoms. The molecule has 27 heavy (non-hydrogen) atoms. The van der Waals surface area contributed by atoms with Crippen molar-refractivity contribution < 1.29 is 14.1 Å². The molecule has 1 aliphatic rings. The van der Waals surface area contributed by atoms with Gasteiger partial charge in [-0.05, 0) is 11.6 Å². The number of hydrogen-bond donors (Lipinski definition) is 1. The van der Waals surface area contributed by atoms with Crippen LogP contribution in [0.4, 0.5) is 0 Å². The molecule has 0 amide bonds. The van der Waals surface area contributed by atoms with Gasteiger partial charge in [0.2, 0.25) is 11.2 Å². The van der Waals surface area contributed by atoms with Crippen LogP contribution in [0, 0.1) is 0 Å². The second kappa shape index (κ2) is 7.99. The summed E-state index contributed by atoms with van der Waals surface area (Å²) in [5, 5.41) is 0.618. The summed E-state index contributed by atoms with van der Waals surface area (Å²) in [4.78, 5) is 13.7. The highest BCUT2D eigenvalue weighted by Gasteiger charge is 2.20. The highest BCUT2D eigenvalue weighted by atomic mass is 35.5. The lowest BCUT2D eigenvalue weighted by molar-refractivity contribution is -0.930. The molecular weight excluding hydrogens is 362 g/mol. The normalized spacial score (nSPS) is 16.0. The number of ether oxygens (including phenoxy) is 1. The maximum absolute atomic E-state index is 12.4. The van der Waals surface area contributed by atoms with Crippen LogP contribution in [0.2, 0.25) is 5.02 Å². The maximum Gasteiger partial charge on any atom is 0.227 e. The second-order valence-electron chi connectivity index (χ2n) is 6.83. The van der Waals surface area contributed by atoms with E-state index >= 15 is 0 Å². The molecule has 1 aliphatic heterocycles. The van der Waals surface area contributed by atoms with E-state index in [4.69, 9.17) is 20.8 Å². The first-order valence-electron chi connectivity index (χ1n) is 9.07. The first kappa shape index (κ1) is 17.8. The zero-order valence-corrected chi connectivity index (χ0v) is 15.7. The monoisotopic (exact) mass is 382 g/mol. The van der Waals surface area contributed by atoms with Gasteiger partial charge in [0, 0.05) is 28.6 Å². The summed E-state index contributed by atoms with van der Waals surface area (Å²) in [7, 11) is 0. The fourth-order valence-corrected chi connectivity index (χ4v) is 3.64. The zero-order chi connectivity index (χ0) is 18.6. The summed E-state index contributed by atoms with van der Waals surface area (Å²) >= 11 is 6.12. The number of benzene rings is 2. The average Bonchev–Trinajstić information content (AvgIpc) is 2.68. The smallest absolute Gasteiger partial charge is 0.227 e. The van der Waals surface area contributed by atoms with Crippen molar-refractivity contribution in [3.8, 4) is 5.75 Å². The molecule has 2 aromatic carbocycles. The van der Waals surface area contributed by atoms with E-state index in [2.05, 4.69) is 24.3 Å². The Labute approximate surface area is 163 Å². The van der Waals surface area contributed by atoms with E-state index in [0.717, 1.165) is 25.1 Å². The molecule has 1 aromatic heterocycles. The van der Waals surface area contributed by atoms with E-state index < -0.39 is 0 Å². The van der Waals surface area contributed by atoms with Gasteiger partial charge >= 0.3 is 0 Å². The largest absolute Gasteiger partial charge is 0.482 e. The lowest BCUT2D eigenvalue weighted by atomic mass is 10.00. The van der Waals surface area contributed by atoms with Crippen LogP contribution in [-0.4, -0.2) is 6.54 Å². The third-order valence-corrected chi connectivity index (χ3v) is 5.29. The van der Waals surface area contributed by atoms with E-state index in [0.29, 0.717) is 17.3 Å². The Morgan fingerprint density at radius 3 is 2.67 bits per heavy atom. The molecule has 5 heteroatoms. The summed E-state index contributed by atoms with van der Waals surface area (Å²) in [5.41, 5.74) is 3.46. The molecule has 4 nitrogen and oxygen atoms in total. The van der Waals surface area contributed by atoms with Crippen molar-refractivity contribution in [1.82, 2.24) is 0 Å². The van der Waals surface area contributed by atoms with E-state index in [1.807, 2.05) is 18.2 Å². The Balaban J connectivity index is 1.40. The van der Waals surface area contributed by atoms with Crippen LogP contribution in [0.25, 0.3) is 0 Å². The van der Waals surface area contributed by atoms with Crippen LogP contribution in [-0.2, 0) is 26.1 Å². The molecular formula is C22H21ClNO3+. The van der Waals surface area contributed by atoms with Gasteiger partial charge in [0.15, 0.2) is 5.76 Å². The number of hydrogen-bond acceptors (Lipinski definition) is 3. The molecule has 4 rings (SSSR count). The van der Waals surface area contributed by atoms with Gasteiger partial charge in [0.05, 0.1) is 6.54 Å². The Morgan fingerprint density at radius 1 is 1.07 bits per heavy atom. The Kier molecular flexibility index (Phi) is 5.28. The second-order valence-corrected chi connectivity index (χ2v) is 7.23. The predicted molar refractivity (Wildman–Crippen MR) is 104 cm³/mol. The average molecular weight is 383 g/mol. The van der Waals surface area contributed by atoms with Gasteiger partial charge in [0.1, 0.15) is 26.0 Å². The summed E-state index contributed by atoms with van der Waals surface area (Å²) < 4.78 is 11.3. The highest BCUT2D eigenvalue weighted by Crippen LogP contribution is 2.17. The molecule has 0 saturated carbocycles. The topological polar surface area (TPSA) is 43.9 Å². The van der Waals surface area contributed by atoms with Crippen molar-refractivity contribution in [2.75, 3.05) is 6.54 Å². The molecule has 0 radical (unpaired) electrons. The highest BCUT2D eigenvalue weighted by molar-refractivity contribution is 6.31. The van der Waals surface area contributed by atoms with Crippen molar-refractivity contribution >= 4 is 11.6 Å². The van der Waals surface area contributed by atoms with E-state index in [1.54, 1.807) is 6.07 Å². The van der Waals surface area contributed by atoms with Gasteiger partial charge in [-0.2, -0.15) is 0 Å². The predicted octanol–water partition coefficient (Wildman–Crippen LogP) is 3.01. The molecule has 0 bridgehead atoms. The van der Waals surface area contributed by atoms with Gasteiger partial charge < -0.3 is 14.1 Å². The lowest BCUT2D eigenvalue weighted by Gasteiger charge is -2.25. The van der Waals surface area contributed by atoms with Crippen molar-refractivity contribution in [3.63, 3.8) is 0 Å². The Bertz CT molecular complexity index is 999.